The van der Waals surface area contributed by atoms with Crippen molar-refractivity contribution in [3.63, 3.8) is 0 Å². The molecule has 2 heterocycles. The van der Waals surface area contributed by atoms with Crippen LogP contribution in [0.2, 0.25) is 0 Å². The monoisotopic (exact) mass is 292 g/mol. The number of nitrogens with zero attached hydrogens (tertiary/aromatic N) is 3. The lowest BCUT2D eigenvalue weighted by atomic mass is 9.98. The molecule has 0 unspecified atom stereocenters. The summed E-state index contributed by atoms with van der Waals surface area (Å²) in [5.74, 6) is 0.314. The van der Waals surface area contributed by atoms with Crippen molar-refractivity contribution < 1.29 is 9.90 Å². The normalized spacial score (nSPS) is 20.0. The van der Waals surface area contributed by atoms with Crippen LogP contribution in [0.4, 0.5) is 5.95 Å². The second kappa shape index (κ2) is 7.93. The Morgan fingerprint density at radius 3 is 2.81 bits per heavy atom. The summed E-state index contributed by atoms with van der Waals surface area (Å²) < 4.78 is 0. The molecule has 1 fully saturated rings. The van der Waals surface area contributed by atoms with Gasteiger partial charge in [0.25, 0.3) is 0 Å². The Bertz CT molecular complexity index is 449. The van der Waals surface area contributed by atoms with Gasteiger partial charge in [-0.05, 0) is 38.3 Å². The number of carboxylic acids is 1. The van der Waals surface area contributed by atoms with Crippen LogP contribution in [0.15, 0.2) is 12.4 Å². The molecular formula is C15H24N4O2. The Balaban J connectivity index is 1.83. The maximum absolute atomic E-state index is 10.5. The van der Waals surface area contributed by atoms with Crippen molar-refractivity contribution in [2.24, 2.45) is 5.92 Å². The van der Waals surface area contributed by atoms with E-state index in [4.69, 9.17) is 5.11 Å². The Morgan fingerprint density at radius 2 is 2.14 bits per heavy atom. The molecule has 21 heavy (non-hydrogen) atoms. The molecule has 0 saturated carbocycles. The number of hydrogen-bond donors (Lipinski definition) is 2. The summed E-state index contributed by atoms with van der Waals surface area (Å²) in [6.07, 6.45) is 8.70. The Labute approximate surface area is 125 Å². The number of hydrogen-bond acceptors (Lipinski definition) is 5. The van der Waals surface area contributed by atoms with E-state index < -0.39 is 5.97 Å². The first kappa shape index (κ1) is 15.7. The summed E-state index contributed by atoms with van der Waals surface area (Å²) in [6, 6.07) is 0. The molecule has 1 aliphatic rings. The van der Waals surface area contributed by atoms with Crippen LogP contribution in [0.25, 0.3) is 0 Å². The second-order valence-corrected chi connectivity index (χ2v) is 5.64. The third-order valence-corrected chi connectivity index (χ3v) is 4.03. The van der Waals surface area contributed by atoms with E-state index in [1.54, 1.807) is 12.4 Å². The second-order valence-electron chi connectivity index (χ2n) is 5.64. The highest BCUT2D eigenvalue weighted by Crippen LogP contribution is 2.21. The van der Waals surface area contributed by atoms with Gasteiger partial charge in [-0.1, -0.05) is 13.3 Å². The molecule has 1 aromatic heterocycles. The van der Waals surface area contributed by atoms with E-state index in [-0.39, 0.29) is 6.54 Å². The van der Waals surface area contributed by atoms with Gasteiger partial charge in [0.2, 0.25) is 5.95 Å². The zero-order valence-corrected chi connectivity index (χ0v) is 12.6. The van der Waals surface area contributed by atoms with E-state index in [2.05, 4.69) is 27.1 Å². The standard InChI is InChI=1S/C15H24N4O2/c1-2-12-4-3-6-19(7-5-12)11-13-8-16-15(17-9-13)18-10-14(20)21/h8-9,12H,2-7,10-11H2,1H3,(H,20,21)(H,16,17,18)/t12-/m1/s1. The lowest BCUT2D eigenvalue weighted by molar-refractivity contribution is -0.134. The molecular weight excluding hydrogens is 268 g/mol. The predicted octanol–water partition coefficient (Wildman–Crippen LogP) is 1.99. The molecule has 1 aromatic rings. The number of aliphatic carboxylic acids is 1. The highest BCUT2D eigenvalue weighted by Gasteiger charge is 2.15. The largest absolute Gasteiger partial charge is 0.480 e. The van der Waals surface area contributed by atoms with Gasteiger partial charge < -0.3 is 10.4 Å². The predicted molar refractivity (Wildman–Crippen MR) is 81.1 cm³/mol. The van der Waals surface area contributed by atoms with Crippen LogP contribution in [0, 0.1) is 5.92 Å². The molecule has 2 rings (SSSR count). The first-order chi connectivity index (χ1) is 10.2. The van der Waals surface area contributed by atoms with Crippen molar-refractivity contribution in [1.82, 2.24) is 14.9 Å². The van der Waals surface area contributed by atoms with Crippen LogP contribution in [-0.4, -0.2) is 45.6 Å². The molecule has 2 N–H and O–H groups in total. The van der Waals surface area contributed by atoms with Crippen LogP contribution < -0.4 is 5.32 Å². The van der Waals surface area contributed by atoms with Crippen molar-refractivity contribution in [2.45, 2.75) is 39.2 Å². The molecule has 0 bridgehead atoms. The molecule has 1 aliphatic heterocycles. The topological polar surface area (TPSA) is 78.4 Å². The first-order valence-corrected chi connectivity index (χ1v) is 7.66. The average molecular weight is 292 g/mol. The maximum Gasteiger partial charge on any atom is 0.322 e. The van der Waals surface area contributed by atoms with Crippen molar-refractivity contribution in [2.75, 3.05) is 25.0 Å². The molecule has 0 radical (unpaired) electrons. The number of aromatic nitrogens is 2. The molecule has 6 heteroatoms. The van der Waals surface area contributed by atoms with Crippen LogP contribution in [-0.2, 0) is 11.3 Å². The van der Waals surface area contributed by atoms with Gasteiger partial charge in [-0.25, -0.2) is 9.97 Å². The molecule has 6 nitrogen and oxygen atoms in total. The highest BCUT2D eigenvalue weighted by atomic mass is 16.4. The van der Waals surface area contributed by atoms with Gasteiger partial charge in [-0.2, -0.15) is 0 Å². The molecule has 0 spiro atoms. The van der Waals surface area contributed by atoms with Crippen molar-refractivity contribution in [1.29, 1.82) is 0 Å². The summed E-state index contributed by atoms with van der Waals surface area (Å²) in [6.45, 7) is 5.25. The number of likely N-dealkylation sites (tertiary alicyclic amines) is 1. The van der Waals surface area contributed by atoms with Gasteiger partial charge >= 0.3 is 5.97 Å². The van der Waals surface area contributed by atoms with Crippen molar-refractivity contribution in [3.8, 4) is 0 Å². The lowest BCUT2D eigenvalue weighted by Gasteiger charge is -2.19. The molecule has 116 valence electrons. The average Bonchev–Trinajstić information content (AvgIpc) is 2.71. The molecule has 0 amide bonds. The Hall–Kier alpha value is -1.69. The number of carbonyl (C=O) groups is 1. The van der Waals surface area contributed by atoms with Crippen LogP contribution >= 0.6 is 0 Å². The number of anilines is 1. The van der Waals surface area contributed by atoms with E-state index >= 15 is 0 Å². The minimum atomic E-state index is -0.919. The molecule has 0 aromatic carbocycles. The van der Waals surface area contributed by atoms with Gasteiger partial charge in [0.1, 0.15) is 6.54 Å². The fourth-order valence-electron chi connectivity index (χ4n) is 2.73. The minimum absolute atomic E-state index is 0.163. The van der Waals surface area contributed by atoms with E-state index in [9.17, 15) is 4.79 Å². The molecule has 1 saturated heterocycles. The van der Waals surface area contributed by atoms with Gasteiger partial charge in [0, 0.05) is 24.5 Å². The number of nitrogens with one attached hydrogen (secondary N) is 1. The third kappa shape index (κ3) is 5.30. The summed E-state index contributed by atoms with van der Waals surface area (Å²) in [7, 11) is 0. The van der Waals surface area contributed by atoms with E-state index in [1.165, 1.54) is 25.7 Å². The van der Waals surface area contributed by atoms with Gasteiger partial charge in [0.15, 0.2) is 0 Å². The Morgan fingerprint density at radius 1 is 1.38 bits per heavy atom. The van der Waals surface area contributed by atoms with Crippen molar-refractivity contribution >= 4 is 11.9 Å². The summed E-state index contributed by atoms with van der Waals surface area (Å²) in [5.41, 5.74) is 1.07. The summed E-state index contributed by atoms with van der Waals surface area (Å²) in [5, 5.41) is 11.3. The number of carboxylic acid groups (broad SMARTS) is 1. The Kier molecular flexibility index (Phi) is 5.92. The zero-order chi connectivity index (χ0) is 15.1. The highest BCUT2D eigenvalue weighted by molar-refractivity contribution is 5.71. The minimum Gasteiger partial charge on any atom is -0.480 e. The smallest absolute Gasteiger partial charge is 0.322 e. The lowest BCUT2D eigenvalue weighted by Crippen LogP contribution is -2.24. The third-order valence-electron chi connectivity index (χ3n) is 4.03. The van der Waals surface area contributed by atoms with Crippen molar-refractivity contribution in [3.05, 3.63) is 18.0 Å². The van der Waals surface area contributed by atoms with Crippen LogP contribution in [0.3, 0.4) is 0 Å². The van der Waals surface area contributed by atoms with Gasteiger partial charge in [0.05, 0.1) is 0 Å². The van der Waals surface area contributed by atoms with Gasteiger partial charge in [-0.3, -0.25) is 9.69 Å². The van der Waals surface area contributed by atoms with Crippen LogP contribution in [0.1, 0.15) is 38.2 Å². The number of rotatable bonds is 6. The zero-order valence-electron chi connectivity index (χ0n) is 12.6. The van der Waals surface area contributed by atoms with E-state index in [0.29, 0.717) is 5.95 Å². The fourth-order valence-corrected chi connectivity index (χ4v) is 2.73. The van der Waals surface area contributed by atoms with Crippen LogP contribution in [0.5, 0.6) is 0 Å². The maximum atomic E-state index is 10.5. The molecule has 1 atom stereocenters. The van der Waals surface area contributed by atoms with E-state index in [0.717, 1.165) is 31.1 Å². The fraction of sp³-hybridized carbons (Fsp3) is 0.667. The summed E-state index contributed by atoms with van der Waals surface area (Å²) >= 11 is 0. The first-order valence-electron chi connectivity index (χ1n) is 7.66. The van der Waals surface area contributed by atoms with E-state index in [1.807, 2.05) is 0 Å². The van der Waals surface area contributed by atoms with Gasteiger partial charge in [-0.15, -0.1) is 0 Å². The quantitative estimate of drug-likeness (QED) is 0.835. The summed E-state index contributed by atoms with van der Waals surface area (Å²) in [4.78, 5) is 21.2. The SMILES string of the molecule is CC[C@@H]1CCCN(Cc2cnc(NCC(=O)O)nc2)CC1. The molecule has 0 aliphatic carbocycles.